The molecule has 0 amide bonds. The fourth-order valence-electron chi connectivity index (χ4n) is 1.81. The van der Waals surface area contributed by atoms with Gasteiger partial charge in [-0.1, -0.05) is 6.07 Å². The lowest BCUT2D eigenvalue weighted by Gasteiger charge is -2.25. The molecule has 1 fully saturated rings. The zero-order valence-electron chi connectivity index (χ0n) is 9.29. The van der Waals surface area contributed by atoms with Crippen LogP contribution in [0.3, 0.4) is 0 Å². The minimum atomic E-state index is -0.803. The summed E-state index contributed by atoms with van der Waals surface area (Å²) < 4.78 is 31.8. The lowest BCUT2D eigenvalue weighted by molar-refractivity contribution is 0.0369. The van der Waals surface area contributed by atoms with Crippen molar-refractivity contribution >= 4 is 5.78 Å². The van der Waals surface area contributed by atoms with Crippen molar-refractivity contribution in [2.45, 2.75) is 0 Å². The second kappa shape index (κ2) is 5.33. The minimum Gasteiger partial charge on any atom is -0.379 e. The highest BCUT2D eigenvalue weighted by molar-refractivity contribution is 5.98. The third kappa shape index (κ3) is 2.87. The molecule has 1 aromatic carbocycles. The van der Waals surface area contributed by atoms with Gasteiger partial charge in [-0.05, 0) is 12.1 Å². The van der Waals surface area contributed by atoms with Gasteiger partial charge in [0.1, 0.15) is 11.6 Å². The molecule has 0 aliphatic carbocycles. The lowest BCUT2D eigenvalue weighted by atomic mass is 10.1. The van der Waals surface area contributed by atoms with Crippen LogP contribution in [0, 0.1) is 11.6 Å². The number of morpholine rings is 1. The Morgan fingerprint density at radius 1 is 1.24 bits per heavy atom. The second-order valence-electron chi connectivity index (χ2n) is 3.91. The minimum absolute atomic E-state index is 0.0290. The van der Waals surface area contributed by atoms with Crippen molar-refractivity contribution in [3.63, 3.8) is 0 Å². The molecule has 0 N–H and O–H groups in total. The summed E-state index contributed by atoms with van der Waals surface area (Å²) in [6, 6.07) is 3.43. The zero-order chi connectivity index (χ0) is 12.3. The number of benzene rings is 1. The first-order valence-corrected chi connectivity index (χ1v) is 5.46. The number of carbonyl (C=O) groups excluding carboxylic acids is 1. The van der Waals surface area contributed by atoms with Gasteiger partial charge >= 0.3 is 0 Å². The molecule has 17 heavy (non-hydrogen) atoms. The van der Waals surface area contributed by atoms with Crippen LogP contribution in [0.4, 0.5) is 8.78 Å². The quantitative estimate of drug-likeness (QED) is 0.751. The van der Waals surface area contributed by atoms with Crippen molar-refractivity contribution < 1.29 is 18.3 Å². The number of hydrogen-bond donors (Lipinski definition) is 0. The van der Waals surface area contributed by atoms with Gasteiger partial charge in [-0.15, -0.1) is 0 Å². The zero-order valence-corrected chi connectivity index (χ0v) is 9.29. The van der Waals surface area contributed by atoms with E-state index in [1.807, 2.05) is 4.90 Å². The predicted molar refractivity (Wildman–Crippen MR) is 57.9 cm³/mol. The topological polar surface area (TPSA) is 29.5 Å². The first-order valence-electron chi connectivity index (χ1n) is 5.46. The normalized spacial score (nSPS) is 17.1. The van der Waals surface area contributed by atoms with E-state index in [-0.39, 0.29) is 6.54 Å². The van der Waals surface area contributed by atoms with Crippen LogP contribution in [0.1, 0.15) is 10.4 Å². The Morgan fingerprint density at radius 3 is 2.41 bits per heavy atom. The van der Waals surface area contributed by atoms with E-state index in [0.717, 1.165) is 12.1 Å². The van der Waals surface area contributed by atoms with E-state index >= 15 is 0 Å². The third-order valence-corrected chi connectivity index (χ3v) is 2.71. The standard InChI is InChI=1S/C12H13F2NO2/c13-9-2-1-3-10(14)12(9)11(16)8-15-4-6-17-7-5-15/h1-3H,4-8H2. The molecule has 0 atom stereocenters. The molecular formula is C12H13F2NO2. The van der Waals surface area contributed by atoms with E-state index in [4.69, 9.17) is 4.74 Å². The molecule has 5 heteroatoms. The van der Waals surface area contributed by atoms with Crippen molar-refractivity contribution in [3.8, 4) is 0 Å². The van der Waals surface area contributed by atoms with Crippen molar-refractivity contribution in [2.24, 2.45) is 0 Å². The highest BCUT2D eigenvalue weighted by Gasteiger charge is 2.20. The summed E-state index contributed by atoms with van der Waals surface area (Å²) in [5.41, 5.74) is -0.445. The fraction of sp³-hybridized carbons (Fsp3) is 0.417. The Kier molecular flexibility index (Phi) is 3.81. The maximum atomic E-state index is 13.4. The van der Waals surface area contributed by atoms with Gasteiger partial charge in [0.15, 0.2) is 5.78 Å². The van der Waals surface area contributed by atoms with Gasteiger partial charge in [-0.25, -0.2) is 8.78 Å². The van der Waals surface area contributed by atoms with E-state index in [9.17, 15) is 13.6 Å². The molecule has 0 spiro atoms. The Balaban J connectivity index is 2.08. The van der Waals surface area contributed by atoms with Gasteiger partial charge in [-0.2, -0.15) is 0 Å². The average Bonchev–Trinajstić information content (AvgIpc) is 2.30. The maximum Gasteiger partial charge on any atom is 0.182 e. The molecule has 0 aromatic heterocycles. The molecule has 92 valence electrons. The van der Waals surface area contributed by atoms with Crippen LogP contribution in [-0.4, -0.2) is 43.5 Å². The Morgan fingerprint density at radius 2 is 1.82 bits per heavy atom. The molecule has 1 saturated heterocycles. The molecule has 1 aliphatic rings. The molecule has 0 bridgehead atoms. The molecule has 2 rings (SSSR count). The number of rotatable bonds is 3. The van der Waals surface area contributed by atoms with Crippen molar-refractivity contribution in [1.82, 2.24) is 4.90 Å². The van der Waals surface area contributed by atoms with Gasteiger partial charge in [0.2, 0.25) is 0 Å². The van der Waals surface area contributed by atoms with Gasteiger partial charge in [0.25, 0.3) is 0 Å². The third-order valence-electron chi connectivity index (χ3n) is 2.71. The maximum absolute atomic E-state index is 13.4. The summed E-state index contributed by atoms with van der Waals surface area (Å²) in [4.78, 5) is 13.6. The fourth-order valence-corrected chi connectivity index (χ4v) is 1.81. The van der Waals surface area contributed by atoms with Crippen LogP contribution < -0.4 is 0 Å². The van der Waals surface area contributed by atoms with Gasteiger partial charge in [0, 0.05) is 13.1 Å². The van der Waals surface area contributed by atoms with Crippen LogP contribution in [0.15, 0.2) is 18.2 Å². The van der Waals surface area contributed by atoms with Crippen LogP contribution in [-0.2, 0) is 4.74 Å². The number of ether oxygens (including phenoxy) is 1. The van der Waals surface area contributed by atoms with E-state index < -0.39 is 23.0 Å². The summed E-state index contributed by atoms with van der Waals surface area (Å²) in [7, 11) is 0. The summed E-state index contributed by atoms with van der Waals surface area (Å²) in [6.07, 6.45) is 0. The Labute approximate surface area is 98.0 Å². The Hall–Kier alpha value is -1.33. The molecule has 3 nitrogen and oxygen atoms in total. The molecule has 0 saturated carbocycles. The first-order chi connectivity index (χ1) is 8.18. The number of ketones is 1. The highest BCUT2D eigenvalue weighted by atomic mass is 19.1. The van der Waals surface area contributed by atoms with E-state index in [1.165, 1.54) is 6.07 Å². The van der Waals surface area contributed by atoms with Crippen molar-refractivity contribution in [1.29, 1.82) is 0 Å². The molecule has 1 aromatic rings. The van der Waals surface area contributed by atoms with Crippen molar-refractivity contribution in [2.75, 3.05) is 32.8 Å². The van der Waals surface area contributed by atoms with Crippen molar-refractivity contribution in [3.05, 3.63) is 35.4 Å². The predicted octanol–water partition coefficient (Wildman–Crippen LogP) is 1.48. The number of halogens is 2. The average molecular weight is 241 g/mol. The summed E-state index contributed by atoms with van der Waals surface area (Å²) in [6.45, 7) is 2.35. The monoisotopic (exact) mass is 241 g/mol. The molecule has 0 unspecified atom stereocenters. The van der Waals surface area contributed by atoms with E-state index in [1.54, 1.807) is 0 Å². The van der Waals surface area contributed by atoms with Gasteiger partial charge in [0.05, 0.1) is 25.3 Å². The largest absolute Gasteiger partial charge is 0.379 e. The van der Waals surface area contributed by atoms with Crippen LogP contribution in [0.2, 0.25) is 0 Å². The summed E-state index contributed by atoms with van der Waals surface area (Å²) in [5.74, 6) is -2.13. The number of hydrogen-bond acceptors (Lipinski definition) is 3. The molecule has 0 radical (unpaired) electrons. The van der Waals surface area contributed by atoms with Gasteiger partial charge in [-0.3, -0.25) is 9.69 Å². The van der Waals surface area contributed by atoms with Crippen LogP contribution in [0.25, 0.3) is 0 Å². The molecule has 1 aliphatic heterocycles. The number of Topliss-reactive ketones (excluding diaryl/α,β-unsaturated/α-hetero) is 1. The van der Waals surface area contributed by atoms with Gasteiger partial charge < -0.3 is 4.74 Å². The molecular weight excluding hydrogens is 228 g/mol. The number of carbonyl (C=O) groups is 1. The van der Waals surface area contributed by atoms with E-state index in [0.29, 0.717) is 26.3 Å². The SMILES string of the molecule is O=C(CN1CCOCC1)c1c(F)cccc1F. The number of nitrogens with zero attached hydrogens (tertiary/aromatic N) is 1. The first kappa shape index (κ1) is 12.1. The van der Waals surface area contributed by atoms with Crippen LogP contribution in [0.5, 0.6) is 0 Å². The smallest absolute Gasteiger partial charge is 0.182 e. The van der Waals surface area contributed by atoms with E-state index in [2.05, 4.69) is 0 Å². The summed E-state index contributed by atoms with van der Waals surface area (Å²) in [5, 5.41) is 0. The van der Waals surface area contributed by atoms with Crippen LogP contribution >= 0.6 is 0 Å². The summed E-state index contributed by atoms with van der Waals surface area (Å²) >= 11 is 0. The molecule has 1 heterocycles. The lowest BCUT2D eigenvalue weighted by Crippen LogP contribution is -2.39. The highest BCUT2D eigenvalue weighted by Crippen LogP contribution is 2.13. The second-order valence-corrected chi connectivity index (χ2v) is 3.91. The Bertz CT molecular complexity index is 397.